The number of nitrogens with two attached hydrogens (primary N) is 1. The number of hydrogen-bond donors (Lipinski definition) is 4. The number of nitrogens with zero attached hydrogens (tertiary/aromatic N) is 10. The molecule has 430 valence electrons. The van der Waals surface area contributed by atoms with Gasteiger partial charge in [-0.1, -0.05) is 67.2 Å². The summed E-state index contributed by atoms with van der Waals surface area (Å²) >= 11 is 1.60. The number of phenolic OH excluding ortho intramolecular Hbond substituents is 1. The molecule has 1 aliphatic carbocycles. The number of ether oxygens (including phenoxy) is 1. The van der Waals surface area contributed by atoms with Gasteiger partial charge in [0.15, 0.2) is 17.4 Å². The second-order valence-corrected chi connectivity index (χ2v) is 24.9. The van der Waals surface area contributed by atoms with E-state index in [4.69, 9.17) is 15.0 Å². The van der Waals surface area contributed by atoms with Crippen LogP contribution < -0.4 is 30.5 Å². The van der Waals surface area contributed by atoms with Gasteiger partial charge in [-0.25, -0.2) is 9.97 Å². The molecule has 2 aromatic carbocycles. The second-order valence-electron chi connectivity index (χ2n) is 24.1. The molecular weight excluding hydrogens is 1050 g/mol. The van der Waals surface area contributed by atoms with E-state index in [0.29, 0.717) is 58.6 Å². The number of pyridine rings is 1. The summed E-state index contributed by atoms with van der Waals surface area (Å²) in [6.07, 6.45) is 9.67. The van der Waals surface area contributed by atoms with Gasteiger partial charge in [0.05, 0.1) is 39.6 Å². The fourth-order valence-electron chi connectivity index (χ4n) is 13.5. The van der Waals surface area contributed by atoms with Crippen molar-refractivity contribution >= 4 is 46.2 Å². The van der Waals surface area contributed by atoms with Crippen LogP contribution in [0, 0.1) is 42.4 Å². The Morgan fingerprint density at radius 1 is 0.854 bits per heavy atom. The number of para-hydroxylation sites is 1. The van der Waals surface area contributed by atoms with Crippen molar-refractivity contribution in [1.29, 1.82) is 0 Å². The number of phenols is 1. The van der Waals surface area contributed by atoms with Crippen LogP contribution in [0.5, 0.6) is 11.6 Å². The third-order valence-corrected chi connectivity index (χ3v) is 19.1. The number of aliphatic hydroxyl groups excluding tert-OH is 1. The molecule has 6 aliphatic rings. The largest absolute Gasteiger partial charge is 0.507 e. The number of aliphatic hydroxyl groups is 1. The zero-order chi connectivity index (χ0) is 56.6. The van der Waals surface area contributed by atoms with Crippen LogP contribution >= 0.6 is 11.3 Å². The van der Waals surface area contributed by atoms with Crippen molar-refractivity contribution in [3.05, 3.63) is 102 Å². The molecule has 2 amide bonds. The minimum Gasteiger partial charge on any atom is -0.507 e. The standard InChI is InChI=1S/C63H76N12O6S/c1-38(2)59(63(79)74-36-49(76)30-54(74)62(78)67-39(3)44-11-13-45(14-12-44)60-40(4)66-37-82-60)56-32-57(70-81-56)72-25-20-42(21-26-72)33-71-23-18-41(19-24-71)9-10-43-27-50(28-43)80-58-29-46(17-22-65-58)75-47-15-16-48(75)35-73(34-47)53-31-52(68-69-61(53)64)51-7-5-6-8-55(51)77/h5-8,11-14,17,22,29,31-32,37-39,41-43,47-50,54,59,76-77H,15-16,18-21,23-28,30,33-36H2,1-4H3,(H2,64,69)(H,67,78)/t39-,43-,47?,48?,49+,50-,54-,59+/m0/s1. The van der Waals surface area contributed by atoms with Gasteiger partial charge in [-0.2, -0.15) is 0 Å². The SMILES string of the molecule is Cc1ncsc1-c1ccc([C@H](C)NC(=O)[C@@H]2C[C@@H](O)CN2C(=O)[C@@H](c2cc(N3CCC(CN4CCC(C#C[C@H]5C[C@H](Oc6cc(N7C8CCC7CN(c7cc(-c9ccccc9O)nnc7N)C8)ccn6)C5)CC4)CC3)no2)C(C)C)cc1. The molecule has 12 rings (SSSR count). The smallest absolute Gasteiger partial charge is 0.243 e. The number of carbonyl (C=O) groups excluding carboxylic acids is 2. The van der Waals surface area contributed by atoms with Crippen LogP contribution in [0.1, 0.15) is 108 Å². The molecular formula is C63H76N12O6S. The van der Waals surface area contributed by atoms with E-state index in [-0.39, 0.29) is 48.6 Å². The molecule has 6 fully saturated rings. The van der Waals surface area contributed by atoms with Gasteiger partial charge >= 0.3 is 0 Å². The topological polar surface area (TPSA) is 216 Å². The molecule has 9 heterocycles. The van der Waals surface area contributed by atoms with Crippen LogP contribution in [0.3, 0.4) is 0 Å². The van der Waals surface area contributed by atoms with Crippen molar-refractivity contribution < 1.29 is 29.1 Å². The summed E-state index contributed by atoms with van der Waals surface area (Å²) in [6, 6.07) is 22.9. The maximum absolute atomic E-state index is 14.4. The number of likely N-dealkylation sites (tertiary alicyclic amines) is 2. The lowest BCUT2D eigenvalue weighted by Gasteiger charge is -2.43. The zero-order valence-electron chi connectivity index (χ0n) is 47.4. The third-order valence-electron chi connectivity index (χ3n) is 18.1. The summed E-state index contributed by atoms with van der Waals surface area (Å²) in [5, 5.41) is 37.5. The van der Waals surface area contributed by atoms with Crippen LogP contribution in [0.2, 0.25) is 0 Å². The Morgan fingerprint density at radius 2 is 1.60 bits per heavy atom. The van der Waals surface area contributed by atoms with Gasteiger partial charge in [0, 0.05) is 99.2 Å². The van der Waals surface area contributed by atoms with Gasteiger partial charge in [0.1, 0.15) is 23.8 Å². The van der Waals surface area contributed by atoms with E-state index in [1.165, 1.54) is 0 Å². The lowest BCUT2D eigenvalue weighted by Crippen LogP contribution is -2.54. The molecule has 2 bridgehead atoms. The number of anilines is 4. The van der Waals surface area contributed by atoms with Gasteiger partial charge in [-0.05, 0) is 126 Å². The Balaban J connectivity index is 0.566. The first kappa shape index (κ1) is 55.3. The van der Waals surface area contributed by atoms with Gasteiger partial charge in [-0.3, -0.25) is 9.59 Å². The molecule has 4 aromatic heterocycles. The Hall–Kier alpha value is -7.27. The average molecular weight is 1130 g/mol. The summed E-state index contributed by atoms with van der Waals surface area (Å²) in [4.78, 5) is 49.6. The minimum atomic E-state index is -0.801. The van der Waals surface area contributed by atoms with Gasteiger partial charge in [0.2, 0.25) is 17.7 Å². The van der Waals surface area contributed by atoms with E-state index < -0.39 is 18.1 Å². The van der Waals surface area contributed by atoms with E-state index >= 15 is 0 Å². The van der Waals surface area contributed by atoms with Crippen molar-refractivity contribution in [1.82, 2.24) is 40.4 Å². The molecule has 0 radical (unpaired) electrons. The summed E-state index contributed by atoms with van der Waals surface area (Å²) < 4.78 is 12.4. The Kier molecular flexibility index (Phi) is 16.1. The highest BCUT2D eigenvalue weighted by molar-refractivity contribution is 7.13. The van der Waals surface area contributed by atoms with Crippen molar-refractivity contribution in [2.75, 3.05) is 72.8 Å². The number of aryl methyl sites for hydroxylation is 1. The Labute approximate surface area is 484 Å². The number of fused-ring (bicyclic) bond motifs is 2. The van der Waals surface area contributed by atoms with Crippen molar-refractivity contribution in [3.63, 3.8) is 0 Å². The predicted octanol–water partition coefficient (Wildman–Crippen LogP) is 8.47. The second kappa shape index (κ2) is 23.9. The third kappa shape index (κ3) is 11.8. The zero-order valence-corrected chi connectivity index (χ0v) is 48.3. The fraction of sp³-hybridized carbons (Fsp3) is 0.508. The molecule has 5 N–H and O–H groups in total. The maximum atomic E-state index is 14.4. The van der Waals surface area contributed by atoms with Crippen LogP contribution in [-0.2, 0) is 9.59 Å². The fourth-order valence-corrected chi connectivity index (χ4v) is 14.3. The van der Waals surface area contributed by atoms with E-state index in [2.05, 4.69) is 74.2 Å². The van der Waals surface area contributed by atoms with Crippen LogP contribution in [-0.4, -0.2) is 140 Å². The number of nitrogens with one attached hydrogen (secondary N) is 1. The number of piperidine rings is 2. The highest BCUT2D eigenvalue weighted by atomic mass is 32.1. The van der Waals surface area contributed by atoms with Crippen molar-refractivity contribution in [3.8, 4) is 45.2 Å². The number of piperazine rings is 1. The summed E-state index contributed by atoms with van der Waals surface area (Å²) in [6.45, 7) is 14.6. The van der Waals surface area contributed by atoms with Crippen molar-refractivity contribution in [2.24, 2.45) is 23.7 Å². The van der Waals surface area contributed by atoms with Gasteiger partial charge < -0.3 is 55.0 Å². The molecule has 6 aromatic rings. The first-order valence-corrected chi connectivity index (χ1v) is 30.5. The summed E-state index contributed by atoms with van der Waals surface area (Å²) in [7, 11) is 0. The number of nitrogen functional groups attached to an aromatic ring is 1. The molecule has 19 heteroatoms. The minimum absolute atomic E-state index is 0.0864. The molecule has 1 saturated carbocycles. The number of thiazole rings is 1. The highest BCUT2D eigenvalue weighted by Crippen LogP contribution is 2.41. The quantitative estimate of drug-likeness (QED) is 0.0710. The Morgan fingerprint density at radius 3 is 2.32 bits per heavy atom. The van der Waals surface area contributed by atoms with E-state index in [0.717, 1.165) is 136 Å². The Bertz CT molecular complexity index is 3270. The predicted molar refractivity (Wildman–Crippen MR) is 317 cm³/mol. The number of aromatic hydroxyl groups is 1. The maximum Gasteiger partial charge on any atom is 0.243 e. The summed E-state index contributed by atoms with van der Waals surface area (Å²) in [5.74, 6) is 9.83. The monoisotopic (exact) mass is 1130 g/mol. The van der Waals surface area contributed by atoms with E-state index in [9.17, 15) is 19.8 Å². The van der Waals surface area contributed by atoms with Crippen LogP contribution in [0.25, 0.3) is 21.7 Å². The first-order chi connectivity index (χ1) is 39.8. The summed E-state index contributed by atoms with van der Waals surface area (Å²) in [5.41, 5.74) is 14.5. The number of hydrogen-bond acceptors (Lipinski definition) is 17. The highest BCUT2D eigenvalue weighted by Gasteiger charge is 2.45. The number of amides is 2. The molecule has 18 nitrogen and oxygen atoms in total. The lowest BCUT2D eigenvalue weighted by molar-refractivity contribution is -0.141. The molecule has 82 heavy (non-hydrogen) atoms. The molecule has 6 atom stereocenters. The van der Waals surface area contributed by atoms with Gasteiger partial charge in [0.25, 0.3) is 0 Å². The molecule has 0 spiro atoms. The normalized spacial score (nSPS) is 24.0. The van der Waals surface area contributed by atoms with Crippen molar-refractivity contribution in [2.45, 2.75) is 128 Å². The number of carbonyl (C=O) groups is 2. The number of benzene rings is 2. The number of aromatic nitrogens is 5. The van der Waals surface area contributed by atoms with Gasteiger partial charge in [-0.15, -0.1) is 21.5 Å². The molecule has 2 unspecified atom stereocenters. The van der Waals surface area contributed by atoms with Crippen LogP contribution in [0.4, 0.5) is 23.0 Å². The number of β-amino-alcohol motifs (C(OH)–C–C–N with tert-alkyl or cyclic N) is 1. The van der Waals surface area contributed by atoms with Crippen LogP contribution in [0.15, 0.2) is 89.0 Å². The molecule has 5 aliphatic heterocycles. The number of rotatable bonds is 15. The lowest BCUT2D eigenvalue weighted by atomic mass is 9.82. The first-order valence-electron chi connectivity index (χ1n) is 29.6. The molecule has 5 saturated heterocycles. The van der Waals surface area contributed by atoms with E-state index in [1.807, 2.05) is 87.9 Å². The van der Waals surface area contributed by atoms with E-state index in [1.54, 1.807) is 28.4 Å². The average Bonchev–Trinajstić information content (AvgIpc) is 4.43.